The Kier molecular flexibility index (Phi) is 5.44. The number of para-hydroxylation sites is 1. The van der Waals surface area contributed by atoms with E-state index in [1.807, 2.05) is 4.72 Å². The molecule has 2 aromatic carbocycles. The van der Waals surface area contributed by atoms with Crippen LogP contribution in [0.2, 0.25) is 0 Å². The van der Waals surface area contributed by atoms with Gasteiger partial charge >= 0.3 is 6.18 Å². The lowest BCUT2D eigenvalue weighted by atomic mass is 10.1. The molecule has 3 N–H and O–H groups in total. The quantitative estimate of drug-likeness (QED) is 0.796. The third-order valence-electron chi connectivity index (χ3n) is 3.10. The topological polar surface area (TPSA) is 106 Å². The van der Waals surface area contributed by atoms with Crippen molar-refractivity contribution in [3.8, 4) is 0 Å². The molecule has 6 nitrogen and oxygen atoms in total. The Morgan fingerprint density at radius 1 is 0.962 bits per heavy atom. The molecule has 0 atom stereocenters. The van der Waals surface area contributed by atoms with E-state index in [1.54, 1.807) is 0 Å². The van der Waals surface area contributed by atoms with Crippen LogP contribution in [0.5, 0.6) is 0 Å². The molecule has 0 heterocycles. The monoisotopic (exact) mass is 406 g/mol. The zero-order valence-electron chi connectivity index (χ0n) is 12.9. The molecule has 0 aliphatic rings. The first-order valence-corrected chi connectivity index (χ1v) is 9.98. The molecule has 0 saturated carbocycles. The summed E-state index contributed by atoms with van der Waals surface area (Å²) < 4.78 is 87.1. The molecular weight excluding hydrogens is 393 g/mol. The molecule has 0 radical (unpaired) electrons. The highest BCUT2D eigenvalue weighted by molar-refractivity contribution is 7.95. The van der Waals surface area contributed by atoms with Gasteiger partial charge < -0.3 is 0 Å². The fourth-order valence-corrected chi connectivity index (χ4v) is 3.62. The Hall–Kier alpha value is -2.37. The van der Waals surface area contributed by atoms with E-state index in [-0.39, 0.29) is 11.3 Å². The molecular formula is C15H13F3N2O4S2. The van der Waals surface area contributed by atoms with E-state index >= 15 is 0 Å². The molecule has 0 spiro atoms. The van der Waals surface area contributed by atoms with Crippen LogP contribution in [0, 0.1) is 0 Å². The lowest BCUT2D eigenvalue weighted by Gasteiger charge is -2.09. The third kappa shape index (κ3) is 5.31. The Labute approximate surface area is 148 Å². The number of hydrogen-bond donors (Lipinski definition) is 2. The van der Waals surface area contributed by atoms with Gasteiger partial charge in [-0.2, -0.15) is 13.2 Å². The van der Waals surface area contributed by atoms with Crippen LogP contribution in [-0.2, 0) is 26.2 Å². The van der Waals surface area contributed by atoms with Gasteiger partial charge in [-0.3, -0.25) is 4.72 Å². The summed E-state index contributed by atoms with van der Waals surface area (Å²) in [5, 5.41) is 5.64. The minimum absolute atomic E-state index is 0.00457. The summed E-state index contributed by atoms with van der Waals surface area (Å²) >= 11 is 0. The first-order valence-electron chi connectivity index (χ1n) is 6.88. The van der Waals surface area contributed by atoms with Crippen LogP contribution in [0.15, 0.2) is 58.8 Å². The third-order valence-corrected chi connectivity index (χ3v) is 5.07. The van der Waals surface area contributed by atoms with Gasteiger partial charge in [0.05, 0.1) is 16.7 Å². The van der Waals surface area contributed by atoms with Crippen molar-refractivity contribution < 1.29 is 30.0 Å². The maximum Gasteiger partial charge on any atom is 0.416 e. The number of nitrogens with two attached hydrogens (primary N) is 1. The average molecular weight is 406 g/mol. The van der Waals surface area contributed by atoms with Crippen LogP contribution in [0.3, 0.4) is 0 Å². The van der Waals surface area contributed by atoms with E-state index in [2.05, 4.69) is 0 Å². The van der Waals surface area contributed by atoms with Gasteiger partial charge in [0.25, 0.3) is 10.0 Å². The number of anilines is 1. The van der Waals surface area contributed by atoms with Crippen molar-refractivity contribution in [1.82, 2.24) is 0 Å². The van der Waals surface area contributed by atoms with E-state index in [9.17, 15) is 30.0 Å². The fraction of sp³-hybridized carbons (Fsp3) is 0.0667. The normalized spacial score (nSPS) is 13.1. The van der Waals surface area contributed by atoms with E-state index in [1.165, 1.54) is 24.3 Å². The van der Waals surface area contributed by atoms with Crippen molar-refractivity contribution in [2.75, 3.05) is 4.72 Å². The number of alkyl halides is 3. The summed E-state index contributed by atoms with van der Waals surface area (Å²) in [5.74, 6) is 0. The summed E-state index contributed by atoms with van der Waals surface area (Å²) in [6.45, 7) is 0. The van der Waals surface area contributed by atoms with E-state index in [0.29, 0.717) is 5.41 Å². The first-order chi connectivity index (χ1) is 11.9. The van der Waals surface area contributed by atoms with E-state index < -0.39 is 36.7 Å². The standard InChI is InChI=1S/C15H13F3N2O4S2/c16-15(17,18)12-5-3-4-11(10-12)8-9-25(21,22)20-13-6-1-2-7-14(13)26(19,23)24/h1-10,20H,(H2,19,23,24)/b9-8+. The molecule has 0 amide bonds. The van der Waals surface area contributed by atoms with Crippen molar-refractivity contribution in [3.63, 3.8) is 0 Å². The van der Waals surface area contributed by atoms with Crippen LogP contribution < -0.4 is 9.86 Å². The van der Waals surface area contributed by atoms with Gasteiger partial charge in [-0.25, -0.2) is 22.0 Å². The number of hydrogen-bond acceptors (Lipinski definition) is 4. The van der Waals surface area contributed by atoms with Gasteiger partial charge in [-0.15, -0.1) is 0 Å². The second kappa shape index (κ2) is 7.09. The molecule has 0 bridgehead atoms. The second-order valence-electron chi connectivity index (χ2n) is 5.11. The van der Waals surface area contributed by atoms with Crippen molar-refractivity contribution in [3.05, 3.63) is 65.1 Å². The highest BCUT2D eigenvalue weighted by Gasteiger charge is 2.30. The molecule has 0 aliphatic carbocycles. The molecule has 2 aromatic rings. The first kappa shape index (κ1) is 19.9. The molecule has 0 saturated heterocycles. The molecule has 11 heteroatoms. The average Bonchev–Trinajstić information content (AvgIpc) is 2.52. The summed E-state index contributed by atoms with van der Waals surface area (Å²) in [6, 6.07) is 9.12. The minimum Gasteiger partial charge on any atom is -0.279 e. The molecule has 2 rings (SSSR count). The Bertz CT molecular complexity index is 1050. The number of rotatable bonds is 5. The number of sulfonamides is 2. The summed E-state index contributed by atoms with van der Waals surface area (Å²) in [4.78, 5) is -0.434. The zero-order chi connectivity index (χ0) is 19.6. The van der Waals surface area contributed by atoms with Crippen LogP contribution in [0.1, 0.15) is 11.1 Å². The Morgan fingerprint density at radius 3 is 2.23 bits per heavy atom. The highest BCUT2D eigenvalue weighted by atomic mass is 32.2. The number of primary sulfonamides is 1. The Balaban J connectivity index is 2.30. The lowest BCUT2D eigenvalue weighted by molar-refractivity contribution is -0.137. The lowest BCUT2D eigenvalue weighted by Crippen LogP contribution is -2.17. The highest BCUT2D eigenvalue weighted by Crippen LogP contribution is 2.30. The molecule has 26 heavy (non-hydrogen) atoms. The zero-order valence-corrected chi connectivity index (χ0v) is 14.6. The predicted molar refractivity (Wildman–Crippen MR) is 90.8 cm³/mol. The molecule has 0 unspecified atom stereocenters. The molecule has 0 fully saturated rings. The SMILES string of the molecule is NS(=O)(=O)c1ccccc1NS(=O)(=O)/C=C/c1cccc(C(F)(F)F)c1. The molecule has 140 valence electrons. The second-order valence-corrected chi connectivity index (χ2v) is 8.21. The minimum atomic E-state index is -4.56. The van der Waals surface area contributed by atoms with Crippen LogP contribution in [-0.4, -0.2) is 16.8 Å². The van der Waals surface area contributed by atoms with Gasteiger partial charge in [0, 0.05) is 0 Å². The summed E-state index contributed by atoms with van der Waals surface area (Å²) in [7, 11) is -8.37. The molecule has 0 aliphatic heterocycles. The summed E-state index contributed by atoms with van der Waals surface area (Å²) in [5.41, 5.74) is -1.20. The predicted octanol–water partition coefficient (Wildman–Crippen LogP) is 2.77. The van der Waals surface area contributed by atoms with Crippen LogP contribution in [0.25, 0.3) is 6.08 Å². The Morgan fingerprint density at radius 2 is 1.62 bits per heavy atom. The van der Waals surface area contributed by atoms with Crippen LogP contribution in [0.4, 0.5) is 18.9 Å². The van der Waals surface area contributed by atoms with Gasteiger partial charge in [0.15, 0.2) is 0 Å². The maximum atomic E-state index is 12.7. The van der Waals surface area contributed by atoms with Gasteiger partial charge in [-0.05, 0) is 35.9 Å². The van der Waals surface area contributed by atoms with Crippen molar-refractivity contribution in [1.29, 1.82) is 0 Å². The number of nitrogens with one attached hydrogen (secondary N) is 1. The fourth-order valence-electron chi connectivity index (χ4n) is 1.97. The molecule has 0 aromatic heterocycles. The summed E-state index contributed by atoms with van der Waals surface area (Å²) in [6.07, 6.45) is -3.60. The maximum absolute atomic E-state index is 12.7. The number of benzene rings is 2. The van der Waals surface area contributed by atoms with Gasteiger partial charge in [0.1, 0.15) is 4.90 Å². The van der Waals surface area contributed by atoms with Crippen molar-refractivity contribution in [2.45, 2.75) is 11.1 Å². The van der Waals surface area contributed by atoms with Crippen LogP contribution >= 0.6 is 0 Å². The number of halogens is 3. The smallest absolute Gasteiger partial charge is 0.279 e. The van der Waals surface area contributed by atoms with Crippen molar-refractivity contribution in [2.24, 2.45) is 5.14 Å². The van der Waals surface area contributed by atoms with Gasteiger partial charge in [0.2, 0.25) is 10.0 Å². The van der Waals surface area contributed by atoms with E-state index in [4.69, 9.17) is 5.14 Å². The van der Waals surface area contributed by atoms with Gasteiger partial charge in [-0.1, -0.05) is 24.3 Å². The van der Waals surface area contributed by atoms with Crippen molar-refractivity contribution >= 4 is 31.8 Å². The van der Waals surface area contributed by atoms with E-state index in [0.717, 1.165) is 30.3 Å². The largest absolute Gasteiger partial charge is 0.416 e.